The first-order valence-electron chi connectivity index (χ1n) is 5.16. The third-order valence-electron chi connectivity index (χ3n) is 3.25. The van der Waals surface area contributed by atoms with Gasteiger partial charge in [0.05, 0.1) is 5.92 Å². The first-order valence-corrected chi connectivity index (χ1v) is 5.16. The molecule has 0 bridgehead atoms. The number of fused-ring (bicyclic) bond motifs is 1. The molecule has 15 heavy (non-hydrogen) atoms. The highest BCUT2D eigenvalue weighted by molar-refractivity contribution is 5.94. The number of pyridine rings is 1. The Labute approximate surface area is 87.7 Å². The number of carbonyl (C=O) groups excluding carboxylic acids is 1. The van der Waals surface area contributed by atoms with E-state index in [4.69, 9.17) is 4.74 Å². The number of hydrogen-bond acceptors (Lipinski definition) is 3. The largest absolute Gasteiger partial charge is 0.483 e. The lowest BCUT2D eigenvalue weighted by atomic mass is 10.0. The van der Waals surface area contributed by atoms with E-state index in [1.807, 2.05) is 19.1 Å². The van der Waals surface area contributed by atoms with Crippen molar-refractivity contribution in [2.75, 3.05) is 5.32 Å². The van der Waals surface area contributed by atoms with Gasteiger partial charge >= 0.3 is 0 Å². The van der Waals surface area contributed by atoms with Gasteiger partial charge in [-0.2, -0.15) is 0 Å². The van der Waals surface area contributed by atoms with Crippen molar-refractivity contribution in [3.8, 4) is 5.75 Å². The Morgan fingerprint density at radius 1 is 1.60 bits per heavy atom. The average molecular weight is 204 g/mol. The summed E-state index contributed by atoms with van der Waals surface area (Å²) in [5, 5.41) is 2.79. The van der Waals surface area contributed by atoms with E-state index in [-0.39, 0.29) is 17.4 Å². The Hall–Kier alpha value is -1.58. The summed E-state index contributed by atoms with van der Waals surface area (Å²) in [6, 6.07) is 3.66. The molecule has 2 heterocycles. The molecule has 1 unspecified atom stereocenters. The molecule has 4 nitrogen and oxygen atoms in total. The number of nitrogens with zero attached hydrogens (tertiary/aromatic N) is 1. The summed E-state index contributed by atoms with van der Waals surface area (Å²) in [5.74, 6) is 1.13. The lowest BCUT2D eigenvalue weighted by Gasteiger charge is -2.19. The van der Waals surface area contributed by atoms with Gasteiger partial charge in [0.25, 0.3) is 0 Å². The van der Waals surface area contributed by atoms with E-state index < -0.39 is 0 Å². The Morgan fingerprint density at radius 2 is 2.40 bits per heavy atom. The molecule has 1 saturated carbocycles. The quantitative estimate of drug-likeness (QED) is 0.698. The van der Waals surface area contributed by atoms with Crippen LogP contribution in [-0.4, -0.2) is 16.5 Å². The summed E-state index contributed by atoms with van der Waals surface area (Å²) in [7, 11) is 0. The van der Waals surface area contributed by atoms with Crippen LogP contribution in [0, 0.1) is 5.92 Å². The predicted molar refractivity (Wildman–Crippen MR) is 54.6 cm³/mol. The zero-order chi connectivity index (χ0) is 10.5. The summed E-state index contributed by atoms with van der Waals surface area (Å²) >= 11 is 0. The van der Waals surface area contributed by atoms with Crippen molar-refractivity contribution in [3.05, 3.63) is 18.3 Å². The van der Waals surface area contributed by atoms with Gasteiger partial charge in [-0.25, -0.2) is 4.98 Å². The first-order chi connectivity index (χ1) is 7.21. The average Bonchev–Trinajstić information content (AvgIpc) is 3.01. The molecule has 1 N–H and O–H groups in total. The van der Waals surface area contributed by atoms with Crippen LogP contribution in [0.25, 0.3) is 0 Å². The lowest BCUT2D eigenvalue weighted by Crippen LogP contribution is -2.33. The van der Waals surface area contributed by atoms with Crippen LogP contribution < -0.4 is 10.1 Å². The summed E-state index contributed by atoms with van der Waals surface area (Å²) in [6.07, 6.45) is 3.56. The van der Waals surface area contributed by atoms with Crippen LogP contribution in [0.2, 0.25) is 0 Å². The standard InChI is InChI=1S/C11H12N2O2/c1-7-10(14)13-9-8(3-2-6-12-9)15-11(7)4-5-11/h2-3,6-7H,4-5H2,1H3,(H,12,13,14). The van der Waals surface area contributed by atoms with Gasteiger partial charge in [0.1, 0.15) is 5.60 Å². The van der Waals surface area contributed by atoms with Gasteiger partial charge in [-0.15, -0.1) is 0 Å². The Morgan fingerprint density at radius 3 is 3.13 bits per heavy atom. The summed E-state index contributed by atoms with van der Waals surface area (Å²) < 4.78 is 5.89. The number of aromatic nitrogens is 1. The first kappa shape index (κ1) is 8.71. The van der Waals surface area contributed by atoms with E-state index >= 15 is 0 Å². The number of carbonyl (C=O) groups is 1. The fourth-order valence-corrected chi connectivity index (χ4v) is 2.00. The Bertz CT molecular complexity index is 426. The summed E-state index contributed by atoms with van der Waals surface area (Å²) in [5.41, 5.74) is -0.266. The molecule has 1 aliphatic carbocycles. The number of anilines is 1. The van der Waals surface area contributed by atoms with Crippen molar-refractivity contribution >= 4 is 11.7 Å². The maximum Gasteiger partial charge on any atom is 0.232 e. The van der Waals surface area contributed by atoms with Crippen LogP contribution in [0.1, 0.15) is 19.8 Å². The van der Waals surface area contributed by atoms with Gasteiger partial charge < -0.3 is 10.1 Å². The van der Waals surface area contributed by atoms with Crippen LogP contribution >= 0.6 is 0 Å². The van der Waals surface area contributed by atoms with Crippen molar-refractivity contribution in [3.63, 3.8) is 0 Å². The molecule has 3 rings (SSSR count). The van der Waals surface area contributed by atoms with E-state index in [9.17, 15) is 4.79 Å². The molecule has 0 saturated heterocycles. The zero-order valence-electron chi connectivity index (χ0n) is 8.49. The second-order valence-corrected chi connectivity index (χ2v) is 4.23. The molecule has 4 heteroatoms. The molecule has 1 fully saturated rings. The molecule has 1 spiro atoms. The molecule has 0 radical (unpaired) electrons. The fraction of sp³-hybridized carbons (Fsp3) is 0.455. The van der Waals surface area contributed by atoms with Crippen molar-refractivity contribution in [2.45, 2.75) is 25.4 Å². The second kappa shape index (κ2) is 2.72. The molecule has 1 aliphatic heterocycles. The smallest absolute Gasteiger partial charge is 0.232 e. The van der Waals surface area contributed by atoms with Crippen LogP contribution in [0.5, 0.6) is 5.75 Å². The normalized spacial score (nSPS) is 26.2. The minimum atomic E-state index is -0.266. The third-order valence-corrected chi connectivity index (χ3v) is 3.25. The topological polar surface area (TPSA) is 51.2 Å². The highest BCUT2D eigenvalue weighted by atomic mass is 16.5. The van der Waals surface area contributed by atoms with E-state index in [0.717, 1.165) is 12.8 Å². The Kier molecular flexibility index (Phi) is 1.58. The zero-order valence-corrected chi connectivity index (χ0v) is 8.49. The van der Waals surface area contributed by atoms with Gasteiger partial charge in [-0.1, -0.05) is 0 Å². The second-order valence-electron chi connectivity index (χ2n) is 4.23. The summed E-state index contributed by atoms with van der Waals surface area (Å²) in [6.45, 7) is 1.91. The molecule has 1 amide bonds. The van der Waals surface area contributed by atoms with Gasteiger partial charge in [0.15, 0.2) is 11.6 Å². The lowest BCUT2D eigenvalue weighted by molar-refractivity contribution is -0.122. The maximum atomic E-state index is 11.8. The molecule has 0 aromatic carbocycles. The van der Waals surface area contributed by atoms with Gasteiger partial charge in [-0.05, 0) is 31.9 Å². The third kappa shape index (κ3) is 1.21. The monoisotopic (exact) mass is 204 g/mol. The van der Waals surface area contributed by atoms with Crippen LogP contribution in [0.15, 0.2) is 18.3 Å². The van der Waals surface area contributed by atoms with Crippen LogP contribution in [0.4, 0.5) is 5.82 Å². The number of nitrogens with one attached hydrogen (secondary N) is 1. The van der Waals surface area contributed by atoms with Gasteiger partial charge in [0, 0.05) is 6.20 Å². The highest BCUT2D eigenvalue weighted by Gasteiger charge is 2.54. The minimum absolute atomic E-state index is 0.00458. The molecule has 1 aromatic heterocycles. The molecule has 2 aliphatic rings. The summed E-state index contributed by atoms with van der Waals surface area (Å²) in [4.78, 5) is 15.9. The molecular formula is C11H12N2O2. The molecule has 1 atom stereocenters. The maximum absolute atomic E-state index is 11.8. The van der Waals surface area contributed by atoms with Gasteiger partial charge in [-0.3, -0.25) is 4.79 Å². The molecule has 1 aromatic rings. The van der Waals surface area contributed by atoms with Crippen LogP contribution in [-0.2, 0) is 4.79 Å². The van der Waals surface area contributed by atoms with E-state index in [1.54, 1.807) is 6.20 Å². The predicted octanol–water partition coefficient (Wildman–Crippen LogP) is 1.58. The van der Waals surface area contributed by atoms with Crippen molar-refractivity contribution in [2.24, 2.45) is 5.92 Å². The van der Waals surface area contributed by atoms with E-state index in [0.29, 0.717) is 11.6 Å². The number of ether oxygens (including phenoxy) is 1. The van der Waals surface area contributed by atoms with Crippen molar-refractivity contribution in [1.82, 2.24) is 4.98 Å². The SMILES string of the molecule is CC1C(=O)Nc2ncccc2OC12CC2. The van der Waals surface area contributed by atoms with Crippen molar-refractivity contribution < 1.29 is 9.53 Å². The van der Waals surface area contributed by atoms with E-state index in [2.05, 4.69) is 10.3 Å². The van der Waals surface area contributed by atoms with Gasteiger partial charge in [0.2, 0.25) is 5.91 Å². The van der Waals surface area contributed by atoms with Crippen molar-refractivity contribution in [1.29, 1.82) is 0 Å². The molecule has 78 valence electrons. The number of hydrogen-bond donors (Lipinski definition) is 1. The molecular weight excluding hydrogens is 192 g/mol. The minimum Gasteiger partial charge on any atom is -0.483 e. The number of amides is 1. The fourth-order valence-electron chi connectivity index (χ4n) is 2.00. The van der Waals surface area contributed by atoms with Crippen LogP contribution in [0.3, 0.4) is 0 Å². The van der Waals surface area contributed by atoms with E-state index in [1.165, 1.54) is 0 Å². The highest BCUT2D eigenvalue weighted by Crippen LogP contribution is 2.49. The number of rotatable bonds is 0. The Balaban J connectivity index is 2.06.